The van der Waals surface area contributed by atoms with Crippen molar-refractivity contribution in [2.24, 2.45) is 0 Å². The smallest absolute Gasteiger partial charge is 0.319 e. The normalized spacial score (nSPS) is 14.2. The zero-order valence-electron chi connectivity index (χ0n) is 15.1. The average Bonchev–Trinajstić information content (AvgIpc) is 2.62. The molecule has 2 aromatic carbocycles. The summed E-state index contributed by atoms with van der Waals surface area (Å²) in [5.74, 6) is 0. The summed E-state index contributed by atoms with van der Waals surface area (Å²) in [7, 11) is 0. The SMILES string of the molecule is Cc1ccc(CNC(=O)Nc2ccccc2N2CCCCC2)c(C)c1. The summed E-state index contributed by atoms with van der Waals surface area (Å²) < 4.78 is 0. The summed E-state index contributed by atoms with van der Waals surface area (Å²) >= 11 is 0. The molecule has 0 aliphatic carbocycles. The highest BCUT2D eigenvalue weighted by molar-refractivity contribution is 5.93. The molecular weight excluding hydrogens is 310 g/mol. The molecule has 1 saturated heterocycles. The lowest BCUT2D eigenvalue weighted by molar-refractivity contribution is 0.251. The van der Waals surface area contributed by atoms with E-state index < -0.39 is 0 Å². The highest BCUT2D eigenvalue weighted by atomic mass is 16.2. The summed E-state index contributed by atoms with van der Waals surface area (Å²) in [6.07, 6.45) is 3.73. The summed E-state index contributed by atoms with van der Waals surface area (Å²) in [5.41, 5.74) is 5.58. The van der Waals surface area contributed by atoms with Crippen LogP contribution < -0.4 is 15.5 Å². The Bertz CT molecular complexity index is 736. The zero-order valence-corrected chi connectivity index (χ0v) is 15.1. The van der Waals surface area contributed by atoms with Crippen molar-refractivity contribution in [3.05, 3.63) is 59.2 Å². The number of piperidine rings is 1. The van der Waals surface area contributed by atoms with Gasteiger partial charge in [0, 0.05) is 19.6 Å². The number of carbonyl (C=O) groups excluding carboxylic acids is 1. The molecule has 3 rings (SSSR count). The fourth-order valence-electron chi connectivity index (χ4n) is 3.38. The molecule has 1 fully saturated rings. The number of benzene rings is 2. The summed E-state index contributed by atoms with van der Waals surface area (Å²) in [4.78, 5) is 14.7. The molecule has 0 unspecified atom stereocenters. The molecule has 0 saturated carbocycles. The van der Waals surface area contributed by atoms with E-state index in [0.717, 1.165) is 30.0 Å². The summed E-state index contributed by atoms with van der Waals surface area (Å²) in [5, 5.41) is 5.99. The van der Waals surface area contributed by atoms with E-state index in [1.54, 1.807) is 0 Å². The van der Waals surface area contributed by atoms with Crippen molar-refractivity contribution in [2.45, 2.75) is 39.7 Å². The van der Waals surface area contributed by atoms with Gasteiger partial charge in [-0.25, -0.2) is 4.79 Å². The number of rotatable bonds is 4. The number of hydrogen-bond acceptors (Lipinski definition) is 2. The largest absolute Gasteiger partial charge is 0.370 e. The van der Waals surface area contributed by atoms with E-state index in [0.29, 0.717) is 6.54 Å². The Labute approximate surface area is 150 Å². The highest BCUT2D eigenvalue weighted by Gasteiger charge is 2.15. The van der Waals surface area contributed by atoms with Gasteiger partial charge in [-0.15, -0.1) is 0 Å². The van der Waals surface area contributed by atoms with E-state index in [1.807, 2.05) is 18.2 Å². The molecule has 1 aliphatic rings. The number of para-hydroxylation sites is 2. The van der Waals surface area contributed by atoms with E-state index in [-0.39, 0.29) is 6.03 Å². The van der Waals surface area contributed by atoms with Crippen LogP contribution in [0, 0.1) is 13.8 Å². The quantitative estimate of drug-likeness (QED) is 0.855. The Morgan fingerprint density at radius 3 is 2.56 bits per heavy atom. The van der Waals surface area contributed by atoms with Crippen LogP contribution in [0.1, 0.15) is 36.0 Å². The van der Waals surface area contributed by atoms with Crippen LogP contribution in [0.4, 0.5) is 16.2 Å². The molecular formula is C21H27N3O. The first kappa shape index (κ1) is 17.3. The standard InChI is InChI=1S/C21H27N3O/c1-16-10-11-18(17(2)14-16)15-22-21(25)23-19-8-4-5-9-20(19)24-12-6-3-7-13-24/h4-5,8-11,14H,3,6-7,12-13,15H2,1-2H3,(H2,22,23,25). The van der Waals surface area contributed by atoms with Crippen LogP contribution in [0.5, 0.6) is 0 Å². The number of anilines is 2. The maximum atomic E-state index is 12.4. The van der Waals surface area contributed by atoms with Gasteiger partial charge in [0.05, 0.1) is 11.4 Å². The Morgan fingerprint density at radius 1 is 1.04 bits per heavy atom. The van der Waals surface area contributed by atoms with Crippen molar-refractivity contribution in [1.82, 2.24) is 5.32 Å². The van der Waals surface area contributed by atoms with E-state index in [9.17, 15) is 4.79 Å². The van der Waals surface area contributed by atoms with Crippen molar-refractivity contribution in [1.29, 1.82) is 0 Å². The molecule has 1 heterocycles. The number of nitrogens with zero attached hydrogens (tertiary/aromatic N) is 1. The van der Waals surface area contributed by atoms with Gasteiger partial charge in [0.15, 0.2) is 0 Å². The van der Waals surface area contributed by atoms with Crippen molar-refractivity contribution >= 4 is 17.4 Å². The molecule has 0 radical (unpaired) electrons. The van der Waals surface area contributed by atoms with Gasteiger partial charge >= 0.3 is 6.03 Å². The third-order valence-electron chi connectivity index (χ3n) is 4.79. The first-order chi connectivity index (χ1) is 12.1. The number of urea groups is 1. The van der Waals surface area contributed by atoms with Crippen LogP contribution in [0.25, 0.3) is 0 Å². The van der Waals surface area contributed by atoms with Crippen LogP contribution in [0.3, 0.4) is 0 Å². The fourth-order valence-corrected chi connectivity index (χ4v) is 3.38. The van der Waals surface area contributed by atoms with Crippen molar-refractivity contribution < 1.29 is 4.79 Å². The predicted molar refractivity (Wildman–Crippen MR) is 104 cm³/mol. The minimum Gasteiger partial charge on any atom is -0.370 e. The lowest BCUT2D eigenvalue weighted by Gasteiger charge is -2.30. The fraction of sp³-hybridized carbons (Fsp3) is 0.381. The van der Waals surface area contributed by atoms with Gasteiger partial charge in [0.1, 0.15) is 0 Å². The molecule has 2 N–H and O–H groups in total. The Kier molecular flexibility index (Phi) is 5.59. The maximum absolute atomic E-state index is 12.4. The van der Waals surface area contributed by atoms with Crippen LogP contribution >= 0.6 is 0 Å². The third kappa shape index (κ3) is 4.53. The molecule has 25 heavy (non-hydrogen) atoms. The van der Waals surface area contributed by atoms with Gasteiger partial charge in [0.2, 0.25) is 0 Å². The number of aryl methyl sites for hydroxylation is 2. The van der Waals surface area contributed by atoms with E-state index in [4.69, 9.17) is 0 Å². The van der Waals surface area contributed by atoms with E-state index in [1.165, 1.54) is 30.4 Å². The minimum absolute atomic E-state index is 0.163. The van der Waals surface area contributed by atoms with Crippen LogP contribution in [-0.2, 0) is 6.54 Å². The number of carbonyl (C=O) groups is 1. The van der Waals surface area contributed by atoms with Crippen LogP contribution in [0.2, 0.25) is 0 Å². The van der Waals surface area contributed by atoms with Crippen LogP contribution in [-0.4, -0.2) is 19.1 Å². The molecule has 4 nitrogen and oxygen atoms in total. The zero-order chi connectivity index (χ0) is 17.6. The van der Waals surface area contributed by atoms with Gasteiger partial charge in [-0.1, -0.05) is 35.9 Å². The lowest BCUT2D eigenvalue weighted by Crippen LogP contribution is -2.32. The second-order valence-electron chi connectivity index (χ2n) is 6.80. The van der Waals surface area contributed by atoms with E-state index >= 15 is 0 Å². The molecule has 4 heteroatoms. The third-order valence-corrected chi connectivity index (χ3v) is 4.79. The topological polar surface area (TPSA) is 44.4 Å². The maximum Gasteiger partial charge on any atom is 0.319 e. The van der Waals surface area contributed by atoms with Gasteiger partial charge in [-0.3, -0.25) is 0 Å². The molecule has 132 valence electrons. The molecule has 0 aromatic heterocycles. The second kappa shape index (κ2) is 8.06. The molecule has 1 aliphatic heterocycles. The molecule has 0 spiro atoms. The van der Waals surface area contributed by atoms with Gasteiger partial charge in [-0.05, 0) is 56.4 Å². The number of hydrogen-bond donors (Lipinski definition) is 2. The van der Waals surface area contributed by atoms with Crippen molar-refractivity contribution in [3.63, 3.8) is 0 Å². The van der Waals surface area contributed by atoms with Gasteiger partial charge < -0.3 is 15.5 Å². The Hall–Kier alpha value is -2.49. The first-order valence-corrected chi connectivity index (χ1v) is 9.08. The predicted octanol–water partition coefficient (Wildman–Crippen LogP) is 4.62. The molecule has 0 bridgehead atoms. The average molecular weight is 337 g/mol. The lowest BCUT2D eigenvalue weighted by atomic mass is 10.1. The number of amides is 2. The molecule has 2 aromatic rings. The molecule has 2 amide bonds. The highest BCUT2D eigenvalue weighted by Crippen LogP contribution is 2.28. The Morgan fingerprint density at radius 2 is 1.80 bits per heavy atom. The molecule has 0 atom stereocenters. The first-order valence-electron chi connectivity index (χ1n) is 9.08. The number of nitrogens with one attached hydrogen (secondary N) is 2. The van der Waals surface area contributed by atoms with Gasteiger partial charge in [-0.2, -0.15) is 0 Å². The minimum atomic E-state index is -0.163. The van der Waals surface area contributed by atoms with Gasteiger partial charge in [0.25, 0.3) is 0 Å². The Balaban J connectivity index is 1.63. The summed E-state index contributed by atoms with van der Waals surface area (Å²) in [6, 6.07) is 14.2. The summed E-state index contributed by atoms with van der Waals surface area (Å²) in [6.45, 7) is 6.80. The van der Waals surface area contributed by atoms with Crippen molar-refractivity contribution in [2.75, 3.05) is 23.3 Å². The van der Waals surface area contributed by atoms with Crippen molar-refractivity contribution in [3.8, 4) is 0 Å². The second-order valence-corrected chi connectivity index (χ2v) is 6.80. The monoisotopic (exact) mass is 337 g/mol. The van der Waals surface area contributed by atoms with E-state index in [2.05, 4.69) is 53.6 Å². The van der Waals surface area contributed by atoms with Crippen LogP contribution in [0.15, 0.2) is 42.5 Å².